The van der Waals surface area contributed by atoms with Gasteiger partial charge >= 0.3 is 0 Å². The van der Waals surface area contributed by atoms with E-state index in [0.717, 1.165) is 5.56 Å². The summed E-state index contributed by atoms with van der Waals surface area (Å²) < 4.78 is 30.7. The van der Waals surface area contributed by atoms with Crippen LogP contribution in [-0.2, 0) is 20.8 Å². The highest BCUT2D eigenvalue weighted by Gasteiger charge is 2.14. The fraction of sp³-hybridized carbons (Fsp3) is 0.222. The zero-order valence-corrected chi connectivity index (χ0v) is 14.6. The summed E-state index contributed by atoms with van der Waals surface area (Å²) in [6.07, 6.45) is 1.85. The lowest BCUT2D eigenvalue weighted by Gasteiger charge is -2.08. The van der Waals surface area contributed by atoms with Crippen molar-refractivity contribution < 1.29 is 12.6 Å². The van der Waals surface area contributed by atoms with Gasteiger partial charge in [-0.15, -0.1) is 0 Å². The molecule has 25 heavy (non-hydrogen) atoms. The summed E-state index contributed by atoms with van der Waals surface area (Å²) in [5, 5.41) is 0.540. The topological polar surface area (TPSA) is 78.3 Å². The van der Waals surface area contributed by atoms with Gasteiger partial charge in [-0.1, -0.05) is 29.8 Å². The van der Waals surface area contributed by atoms with Gasteiger partial charge in [-0.05, 0) is 37.6 Å². The Balaban J connectivity index is 1.63. The van der Waals surface area contributed by atoms with Crippen LogP contribution in [0.15, 0.2) is 64.5 Å². The lowest BCUT2D eigenvalue weighted by molar-refractivity contribution is 0.303. The van der Waals surface area contributed by atoms with Crippen molar-refractivity contribution in [2.75, 3.05) is 6.61 Å². The van der Waals surface area contributed by atoms with Gasteiger partial charge in [0, 0.05) is 6.54 Å². The van der Waals surface area contributed by atoms with Crippen LogP contribution in [0.25, 0.3) is 10.9 Å². The van der Waals surface area contributed by atoms with Crippen molar-refractivity contribution in [3.8, 4) is 0 Å². The first-order chi connectivity index (χ1) is 12.0. The SMILES string of the molecule is Cc1ccc(S(=O)(=O)OCCCn2cnc3ccccc3c2=O)cc1. The van der Waals surface area contributed by atoms with Crippen molar-refractivity contribution >= 4 is 21.0 Å². The zero-order chi connectivity index (χ0) is 17.9. The van der Waals surface area contributed by atoms with Crippen LogP contribution in [-0.4, -0.2) is 24.6 Å². The molecule has 2 aromatic carbocycles. The highest BCUT2D eigenvalue weighted by atomic mass is 32.2. The van der Waals surface area contributed by atoms with E-state index in [1.807, 2.05) is 13.0 Å². The van der Waals surface area contributed by atoms with Crippen LogP contribution in [0.1, 0.15) is 12.0 Å². The Labute approximate surface area is 145 Å². The minimum absolute atomic E-state index is 0.00449. The molecule has 6 nitrogen and oxygen atoms in total. The normalized spacial score (nSPS) is 11.7. The van der Waals surface area contributed by atoms with Crippen molar-refractivity contribution in [2.24, 2.45) is 0 Å². The Morgan fingerprint density at radius 1 is 1.08 bits per heavy atom. The molecule has 0 N–H and O–H groups in total. The summed E-state index contributed by atoms with van der Waals surface area (Å²) >= 11 is 0. The Bertz CT molecular complexity index is 1040. The molecule has 0 fully saturated rings. The van der Waals surface area contributed by atoms with Crippen LogP contribution in [0, 0.1) is 6.92 Å². The van der Waals surface area contributed by atoms with Gasteiger partial charge in [0.15, 0.2) is 0 Å². The summed E-state index contributed by atoms with van der Waals surface area (Å²) in [6, 6.07) is 13.6. The molecular weight excluding hydrogens is 340 g/mol. The van der Waals surface area contributed by atoms with Crippen molar-refractivity contribution in [3.05, 3.63) is 70.8 Å². The van der Waals surface area contributed by atoms with Gasteiger partial charge in [0.1, 0.15) is 0 Å². The average molecular weight is 358 g/mol. The van der Waals surface area contributed by atoms with E-state index in [1.165, 1.54) is 23.0 Å². The van der Waals surface area contributed by atoms with Gasteiger partial charge in [0.05, 0.1) is 28.7 Å². The van der Waals surface area contributed by atoms with Crippen LogP contribution in [0.5, 0.6) is 0 Å². The highest BCUT2D eigenvalue weighted by molar-refractivity contribution is 7.86. The summed E-state index contributed by atoms with van der Waals surface area (Å²) in [5.41, 5.74) is 1.47. The number of hydrogen-bond donors (Lipinski definition) is 0. The molecule has 1 aromatic heterocycles. The number of hydrogen-bond acceptors (Lipinski definition) is 5. The van der Waals surface area contributed by atoms with Crippen LogP contribution >= 0.6 is 0 Å². The minimum atomic E-state index is -3.78. The third-order valence-electron chi connectivity index (χ3n) is 3.82. The third kappa shape index (κ3) is 3.94. The Morgan fingerprint density at radius 2 is 1.80 bits per heavy atom. The van der Waals surface area contributed by atoms with E-state index in [1.54, 1.807) is 30.3 Å². The molecule has 1 heterocycles. The predicted molar refractivity (Wildman–Crippen MR) is 94.9 cm³/mol. The van der Waals surface area contributed by atoms with E-state index in [9.17, 15) is 13.2 Å². The maximum absolute atomic E-state index is 12.3. The molecule has 0 aliphatic carbocycles. The smallest absolute Gasteiger partial charge is 0.296 e. The van der Waals surface area contributed by atoms with E-state index < -0.39 is 10.1 Å². The van der Waals surface area contributed by atoms with Gasteiger partial charge in [0.2, 0.25) is 0 Å². The number of aromatic nitrogens is 2. The Hall–Kier alpha value is -2.51. The lowest BCUT2D eigenvalue weighted by atomic mass is 10.2. The molecule has 3 rings (SSSR count). The minimum Gasteiger partial charge on any atom is -0.299 e. The predicted octanol–water partition coefficient (Wildman–Crippen LogP) is 2.50. The van der Waals surface area contributed by atoms with Gasteiger partial charge in [-0.2, -0.15) is 8.42 Å². The second-order valence-electron chi connectivity index (χ2n) is 5.70. The van der Waals surface area contributed by atoms with E-state index in [-0.39, 0.29) is 17.1 Å². The van der Waals surface area contributed by atoms with Gasteiger partial charge in [-0.25, -0.2) is 4.98 Å². The second kappa shape index (κ2) is 7.16. The molecule has 0 saturated heterocycles. The second-order valence-corrected chi connectivity index (χ2v) is 7.32. The lowest BCUT2D eigenvalue weighted by Crippen LogP contribution is -2.21. The van der Waals surface area contributed by atoms with Crippen LogP contribution in [0.2, 0.25) is 0 Å². The molecule has 0 spiro atoms. The first-order valence-corrected chi connectivity index (χ1v) is 9.28. The van der Waals surface area contributed by atoms with E-state index in [2.05, 4.69) is 4.98 Å². The number of para-hydroxylation sites is 1. The summed E-state index contributed by atoms with van der Waals surface area (Å²) in [7, 11) is -3.78. The van der Waals surface area contributed by atoms with E-state index in [4.69, 9.17) is 4.18 Å². The van der Waals surface area contributed by atoms with Gasteiger partial charge < -0.3 is 0 Å². The van der Waals surface area contributed by atoms with Crippen LogP contribution < -0.4 is 5.56 Å². The molecule has 0 amide bonds. The van der Waals surface area contributed by atoms with Crippen molar-refractivity contribution in [1.82, 2.24) is 9.55 Å². The first kappa shape index (κ1) is 17.3. The monoisotopic (exact) mass is 358 g/mol. The first-order valence-electron chi connectivity index (χ1n) is 7.88. The quantitative estimate of drug-likeness (QED) is 0.500. The molecule has 0 unspecified atom stereocenters. The molecule has 0 bridgehead atoms. The number of aryl methyl sites for hydroxylation is 2. The van der Waals surface area contributed by atoms with E-state index in [0.29, 0.717) is 23.9 Å². The van der Waals surface area contributed by atoms with Gasteiger partial charge in [-0.3, -0.25) is 13.5 Å². The largest absolute Gasteiger partial charge is 0.299 e. The molecule has 0 saturated carbocycles. The number of fused-ring (bicyclic) bond motifs is 1. The molecule has 0 aliphatic heterocycles. The Morgan fingerprint density at radius 3 is 2.56 bits per heavy atom. The maximum Gasteiger partial charge on any atom is 0.296 e. The van der Waals surface area contributed by atoms with E-state index >= 15 is 0 Å². The van der Waals surface area contributed by atoms with Gasteiger partial charge in [0.25, 0.3) is 15.7 Å². The molecule has 3 aromatic rings. The Kier molecular flexibility index (Phi) is 4.96. The van der Waals surface area contributed by atoms with Crippen molar-refractivity contribution in [1.29, 1.82) is 0 Å². The number of rotatable bonds is 6. The molecular formula is C18H18N2O4S. The summed E-state index contributed by atoms with van der Waals surface area (Å²) in [6.45, 7) is 2.21. The number of nitrogens with zero attached hydrogens (tertiary/aromatic N) is 2. The molecule has 0 atom stereocenters. The zero-order valence-electron chi connectivity index (χ0n) is 13.8. The summed E-state index contributed by atoms with van der Waals surface area (Å²) in [5.74, 6) is 0. The molecule has 7 heteroatoms. The standard InChI is InChI=1S/C18H18N2O4S/c1-14-7-9-15(10-8-14)25(22,23)24-12-4-11-20-13-19-17-6-3-2-5-16(17)18(20)21/h2-3,5-10,13H,4,11-12H2,1H3. The fourth-order valence-electron chi connectivity index (χ4n) is 2.44. The maximum atomic E-state index is 12.3. The van der Waals surface area contributed by atoms with Crippen LogP contribution in [0.3, 0.4) is 0 Å². The molecule has 0 aliphatic rings. The number of benzene rings is 2. The summed E-state index contributed by atoms with van der Waals surface area (Å²) in [4.78, 5) is 16.7. The van der Waals surface area contributed by atoms with Crippen LogP contribution in [0.4, 0.5) is 0 Å². The fourth-order valence-corrected chi connectivity index (χ4v) is 3.38. The van der Waals surface area contributed by atoms with Crippen molar-refractivity contribution in [3.63, 3.8) is 0 Å². The third-order valence-corrected chi connectivity index (χ3v) is 5.15. The highest BCUT2D eigenvalue weighted by Crippen LogP contribution is 2.13. The molecule has 0 radical (unpaired) electrons. The average Bonchev–Trinajstić information content (AvgIpc) is 2.61. The van der Waals surface area contributed by atoms with Crippen molar-refractivity contribution in [2.45, 2.75) is 24.8 Å². The molecule has 130 valence electrons.